The molecule has 2 unspecified atom stereocenters. The van der Waals surface area contributed by atoms with Crippen LogP contribution < -0.4 is 10.6 Å². The van der Waals surface area contributed by atoms with E-state index in [1.165, 1.54) is 65.6 Å². The van der Waals surface area contributed by atoms with Crippen LogP contribution in [0, 0.1) is 0 Å². The number of para-hydroxylation sites is 4. The Hall–Kier alpha value is -5.22. The summed E-state index contributed by atoms with van der Waals surface area (Å²) in [5.74, 6) is 0. The van der Waals surface area contributed by atoms with Crippen molar-refractivity contribution in [3.63, 3.8) is 0 Å². The van der Waals surface area contributed by atoms with Gasteiger partial charge in [-0.1, -0.05) is 78.9 Å². The fraction of sp³-hybridized carbons (Fsp3) is 0.0556. The molecule has 40 heavy (non-hydrogen) atoms. The van der Waals surface area contributed by atoms with Crippen LogP contribution >= 0.6 is 0 Å². The van der Waals surface area contributed by atoms with Gasteiger partial charge in [0.05, 0.1) is 39.5 Å². The van der Waals surface area contributed by atoms with Crippen molar-refractivity contribution >= 4 is 65.8 Å². The first-order valence-corrected chi connectivity index (χ1v) is 13.9. The second kappa shape index (κ2) is 7.25. The van der Waals surface area contributed by atoms with Gasteiger partial charge in [-0.2, -0.15) is 0 Å². The summed E-state index contributed by atoms with van der Waals surface area (Å²) in [5, 5.41) is 15.4. The number of nitrogens with one attached hydrogen (secondary N) is 2. The Morgan fingerprint density at radius 3 is 2.15 bits per heavy atom. The third-order valence-corrected chi connectivity index (χ3v) is 9.11. The Bertz CT molecular complexity index is 2360. The fourth-order valence-corrected chi connectivity index (χ4v) is 7.41. The van der Waals surface area contributed by atoms with Gasteiger partial charge in [0, 0.05) is 32.8 Å². The minimum Gasteiger partial charge on any atom is -0.373 e. The SMILES string of the molecule is c1ccc2c(c1)NC1c3cccc4c5cc6c(cc5n(c34)C1N2)c1ccccc1n6-c1ccc2ccccc2c1. The van der Waals surface area contributed by atoms with Crippen LogP contribution in [0.25, 0.3) is 60.1 Å². The molecule has 4 heteroatoms. The quantitative estimate of drug-likeness (QED) is 0.230. The molecule has 0 aliphatic carbocycles. The van der Waals surface area contributed by atoms with E-state index in [2.05, 4.69) is 141 Å². The van der Waals surface area contributed by atoms with Crippen LogP contribution in [0.5, 0.6) is 0 Å². The molecule has 8 aromatic rings. The molecule has 0 amide bonds. The average molecular weight is 513 g/mol. The zero-order valence-corrected chi connectivity index (χ0v) is 21.6. The maximum absolute atomic E-state index is 3.87. The first-order chi connectivity index (χ1) is 19.8. The molecule has 0 bridgehead atoms. The van der Waals surface area contributed by atoms with E-state index in [0.717, 1.165) is 11.4 Å². The lowest BCUT2D eigenvalue weighted by Gasteiger charge is -2.33. The average Bonchev–Trinajstić information content (AvgIpc) is 3.63. The van der Waals surface area contributed by atoms with E-state index in [1.807, 2.05) is 0 Å². The van der Waals surface area contributed by atoms with Crippen LogP contribution in [-0.2, 0) is 0 Å². The highest BCUT2D eigenvalue weighted by molar-refractivity contribution is 6.19. The van der Waals surface area contributed by atoms with Crippen molar-refractivity contribution in [2.45, 2.75) is 12.2 Å². The lowest BCUT2D eigenvalue weighted by molar-refractivity contribution is 0.540. The summed E-state index contributed by atoms with van der Waals surface area (Å²) in [5.41, 5.74) is 9.94. The molecule has 0 spiro atoms. The molecule has 0 fully saturated rings. The smallest absolute Gasteiger partial charge is 0.129 e. The van der Waals surface area contributed by atoms with E-state index >= 15 is 0 Å². The summed E-state index contributed by atoms with van der Waals surface area (Å²) >= 11 is 0. The van der Waals surface area contributed by atoms with Gasteiger partial charge in [-0.25, -0.2) is 0 Å². The number of hydrogen-bond donors (Lipinski definition) is 2. The van der Waals surface area contributed by atoms with Gasteiger partial charge in [0.1, 0.15) is 6.17 Å². The molecule has 188 valence electrons. The predicted octanol–water partition coefficient (Wildman–Crippen LogP) is 9.14. The maximum Gasteiger partial charge on any atom is 0.129 e. The predicted molar refractivity (Wildman–Crippen MR) is 167 cm³/mol. The maximum atomic E-state index is 3.87. The van der Waals surface area contributed by atoms with Gasteiger partial charge in [-0.05, 0) is 53.2 Å². The van der Waals surface area contributed by atoms with Crippen molar-refractivity contribution in [1.29, 1.82) is 0 Å². The first-order valence-electron chi connectivity index (χ1n) is 13.9. The second-order valence-electron chi connectivity index (χ2n) is 11.1. The van der Waals surface area contributed by atoms with Crippen LogP contribution in [0.15, 0.2) is 121 Å². The lowest BCUT2D eigenvalue weighted by Crippen LogP contribution is -2.29. The molecule has 2 aliphatic heterocycles. The monoisotopic (exact) mass is 512 g/mol. The van der Waals surface area contributed by atoms with Crippen LogP contribution in [-0.4, -0.2) is 9.13 Å². The van der Waals surface area contributed by atoms with E-state index in [4.69, 9.17) is 0 Å². The van der Waals surface area contributed by atoms with E-state index < -0.39 is 0 Å². The highest BCUT2D eigenvalue weighted by Gasteiger charge is 2.39. The van der Waals surface area contributed by atoms with Crippen molar-refractivity contribution in [3.05, 3.63) is 127 Å². The molecular formula is C36H24N4. The Morgan fingerprint density at radius 2 is 1.23 bits per heavy atom. The van der Waals surface area contributed by atoms with Crippen molar-refractivity contribution < 1.29 is 0 Å². The van der Waals surface area contributed by atoms with Crippen molar-refractivity contribution in [2.24, 2.45) is 0 Å². The lowest BCUT2D eigenvalue weighted by atomic mass is 10.00. The van der Waals surface area contributed by atoms with Gasteiger partial charge in [0.25, 0.3) is 0 Å². The zero-order chi connectivity index (χ0) is 25.9. The molecule has 0 saturated heterocycles. The van der Waals surface area contributed by atoms with E-state index in [-0.39, 0.29) is 12.2 Å². The first kappa shape index (κ1) is 20.7. The van der Waals surface area contributed by atoms with E-state index in [1.54, 1.807) is 0 Å². The zero-order valence-electron chi connectivity index (χ0n) is 21.6. The van der Waals surface area contributed by atoms with E-state index in [9.17, 15) is 0 Å². The molecule has 2 atom stereocenters. The second-order valence-corrected chi connectivity index (χ2v) is 11.1. The molecule has 10 rings (SSSR count). The Kier molecular flexibility index (Phi) is 3.75. The van der Waals surface area contributed by atoms with Gasteiger partial charge >= 0.3 is 0 Å². The van der Waals surface area contributed by atoms with Gasteiger partial charge in [0.2, 0.25) is 0 Å². The Balaban J connectivity index is 1.30. The van der Waals surface area contributed by atoms with Crippen LogP contribution in [0.4, 0.5) is 11.4 Å². The van der Waals surface area contributed by atoms with Gasteiger partial charge in [-0.3, -0.25) is 0 Å². The van der Waals surface area contributed by atoms with Crippen molar-refractivity contribution in [2.75, 3.05) is 10.6 Å². The molecule has 6 aromatic carbocycles. The summed E-state index contributed by atoms with van der Waals surface area (Å²) in [7, 11) is 0. The number of benzene rings is 6. The van der Waals surface area contributed by atoms with Crippen molar-refractivity contribution in [3.8, 4) is 5.69 Å². The molecule has 2 aromatic heterocycles. The minimum absolute atomic E-state index is 0.110. The Labute approximate surface area is 230 Å². The normalized spacial score (nSPS) is 17.4. The molecule has 0 radical (unpaired) electrons. The number of rotatable bonds is 1. The summed E-state index contributed by atoms with van der Waals surface area (Å²) in [6, 6.07) is 44.6. The highest BCUT2D eigenvalue weighted by atomic mass is 15.3. The van der Waals surface area contributed by atoms with Crippen LogP contribution in [0.3, 0.4) is 0 Å². The Morgan fingerprint density at radius 1 is 0.500 bits per heavy atom. The third kappa shape index (κ3) is 2.51. The largest absolute Gasteiger partial charge is 0.373 e. The van der Waals surface area contributed by atoms with Gasteiger partial charge in [0.15, 0.2) is 0 Å². The highest BCUT2D eigenvalue weighted by Crippen LogP contribution is 2.51. The summed E-state index contributed by atoms with van der Waals surface area (Å²) in [6.45, 7) is 0. The number of nitrogens with zero attached hydrogens (tertiary/aromatic N) is 2. The van der Waals surface area contributed by atoms with Crippen LogP contribution in [0.2, 0.25) is 0 Å². The summed E-state index contributed by atoms with van der Waals surface area (Å²) in [4.78, 5) is 0. The van der Waals surface area contributed by atoms with E-state index in [0.29, 0.717) is 0 Å². The molecule has 4 nitrogen and oxygen atoms in total. The standard InChI is InChI=1S/C36H24N4/c1-2-9-22-18-23(17-16-21(22)8-1)39-31-15-6-3-10-24(31)27-19-33-28(20-32(27)39)25-11-7-12-26-34-36(40(33)35(25)26)38-30-14-5-4-13-29(30)37-34/h1-20,34,36-38H. The fourth-order valence-electron chi connectivity index (χ4n) is 7.41. The molecule has 2 aliphatic rings. The van der Waals surface area contributed by atoms with Gasteiger partial charge < -0.3 is 19.8 Å². The summed E-state index contributed by atoms with van der Waals surface area (Å²) in [6.07, 6.45) is 0.110. The van der Waals surface area contributed by atoms with Crippen LogP contribution in [0.1, 0.15) is 17.8 Å². The summed E-state index contributed by atoms with van der Waals surface area (Å²) < 4.78 is 4.98. The van der Waals surface area contributed by atoms with Gasteiger partial charge in [-0.15, -0.1) is 0 Å². The topological polar surface area (TPSA) is 33.9 Å². The number of aromatic nitrogens is 2. The number of fused-ring (bicyclic) bond motifs is 11. The third-order valence-electron chi connectivity index (χ3n) is 9.11. The molecule has 2 N–H and O–H groups in total. The number of anilines is 2. The molecule has 4 heterocycles. The molecular weight excluding hydrogens is 488 g/mol. The minimum atomic E-state index is 0.110. The number of hydrogen-bond acceptors (Lipinski definition) is 2. The van der Waals surface area contributed by atoms with Crippen molar-refractivity contribution in [1.82, 2.24) is 9.13 Å². The molecule has 0 saturated carbocycles.